The summed E-state index contributed by atoms with van der Waals surface area (Å²) in [7, 11) is 0. The van der Waals surface area contributed by atoms with Gasteiger partial charge in [0.2, 0.25) is 0 Å². The van der Waals surface area contributed by atoms with Crippen molar-refractivity contribution in [1.82, 2.24) is 15.2 Å². The van der Waals surface area contributed by atoms with Gasteiger partial charge in [-0.2, -0.15) is 0 Å². The first kappa shape index (κ1) is 17.2. The third-order valence-electron chi connectivity index (χ3n) is 5.01. The molecular formula is C20H23N5O2. The molecule has 7 heteroatoms. The second-order valence-corrected chi connectivity index (χ2v) is 6.80. The maximum Gasteiger partial charge on any atom is 0.410 e. The fourth-order valence-electron chi connectivity index (χ4n) is 3.56. The molecule has 0 aliphatic carbocycles. The summed E-state index contributed by atoms with van der Waals surface area (Å²) in [5.41, 5.74) is 10.0. The minimum Gasteiger partial charge on any atom is -0.445 e. The smallest absolute Gasteiger partial charge is 0.410 e. The SMILES string of the molecule is N/C(=C1\NC=Nc2[nH]ccc21)C1CCCN(C(=O)OCc2ccccc2)C1. The van der Waals surface area contributed by atoms with E-state index in [1.807, 2.05) is 42.6 Å². The molecule has 140 valence electrons. The summed E-state index contributed by atoms with van der Waals surface area (Å²) >= 11 is 0. The maximum atomic E-state index is 12.5. The van der Waals surface area contributed by atoms with Gasteiger partial charge in [-0.25, -0.2) is 9.79 Å². The summed E-state index contributed by atoms with van der Waals surface area (Å²) in [5, 5.41) is 3.16. The molecule has 0 radical (unpaired) electrons. The largest absolute Gasteiger partial charge is 0.445 e. The molecule has 1 aromatic heterocycles. The highest BCUT2D eigenvalue weighted by molar-refractivity contribution is 5.87. The van der Waals surface area contributed by atoms with Gasteiger partial charge in [0.1, 0.15) is 12.4 Å². The van der Waals surface area contributed by atoms with E-state index in [0.717, 1.165) is 41.2 Å². The molecule has 4 rings (SSSR count). The average molecular weight is 365 g/mol. The molecule has 0 saturated carbocycles. The van der Waals surface area contributed by atoms with Gasteiger partial charge in [-0.3, -0.25) is 0 Å². The highest BCUT2D eigenvalue weighted by Crippen LogP contribution is 2.31. The van der Waals surface area contributed by atoms with Crippen molar-refractivity contribution in [1.29, 1.82) is 0 Å². The number of nitrogens with one attached hydrogen (secondary N) is 2. The topological polar surface area (TPSA) is 95.7 Å². The van der Waals surface area contributed by atoms with E-state index in [1.54, 1.807) is 11.2 Å². The first-order valence-corrected chi connectivity index (χ1v) is 9.14. The third kappa shape index (κ3) is 3.67. The lowest BCUT2D eigenvalue weighted by Gasteiger charge is -2.33. The van der Waals surface area contributed by atoms with Gasteiger partial charge in [0, 0.05) is 36.5 Å². The maximum absolute atomic E-state index is 12.5. The molecular weight excluding hydrogens is 342 g/mol. The molecule has 1 atom stereocenters. The van der Waals surface area contributed by atoms with Crippen LogP contribution < -0.4 is 11.1 Å². The third-order valence-corrected chi connectivity index (χ3v) is 5.01. The van der Waals surface area contributed by atoms with Crippen LogP contribution in [0.4, 0.5) is 10.6 Å². The molecule has 1 amide bonds. The first-order chi connectivity index (χ1) is 13.2. The van der Waals surface area contributed by atoms with Crippen LogP contribution in [0.5, 0.6) is 0 Å². The van der Waals surface area contributed by atoms with Crippen LogP contribution in [0.1, 0.15) is 24.0 Å². The molecule has 0 spiro atoms. The number of nitrogens with zero attached hydrogens (tertiary/aromatic N) is 2. The number of aromatic amines is 1. The Balaban J connectivity index is 1.43. The van der Waals surface area contributed by atoms with Crippen molar-refractivity contribution in [2.45, 2.75) is 19.4 Å². The molecule has 0 bridgehead atoms. The van der Waals surface area contributed by atoms with Gasteiger partial charge in [0.05, 0.1) is 12.0 Å². The van der Waals surface area contributed by atoms with Gasteiger partial charge in [-0.05, 0) is 24.5 Å². The van der Waals surface area contributed by atoms with Crippen molar-refractivity contribution in [2.75, 3.05) is 13.1 Å². The standard InChI is InChI=1S/C20H23N5O2/c21-17(18-16-8-9-22-19(16)24-13-23-18)15-7-4-10-25(11-15)20(26)27-12-14-5-2-1-3-6-14/h1-3,5-6,8-9,13,15,22H,4,7,10-12,21H2,(H,23,24)/b18-17-. The van der Waals surface area contributed by atoms with Crippen molar-refractivity contribution >= 4 is 23.9 Å². The zero-order chi connectivity index (χ0) is 18.6. The number of piperidine rings is 1. The van der Waals surface area contributed by atoms with Crippen LogP contribution in [-0.2, 0) is 11.3 Å². The molecule has 1 unspecified atom stereocenters. The van der Waals surface area contributed by atoms with Crippen molar-refractivity contribution in [2.24, 2.45) is 16.6 Å². The summed E-state index contributed by atoms with van der Waals surface area (Å²) in [6.45, 7) is 1.53. The molecule has 4 N–H and O–H groups in total. The number of carbonyl (C=O) groups excluding carboxylic acids is 1. The molecule has 2 aliphatic heterocycles. The Kier molecular flexibility index (Phi) is 4.82. The quantitative estimate of drug-likeness (QED) is 0.779. The first-order valence-electron chi connectivity index (χ1n) is 9.14. The van der Waals surface area contributed by atoms with Gasteiger partial charge >= 0.3 is 6.09 Å². The van der Waals surface area contributed by atoms with E-state index in [2.05, 4.69) is 15.3 Å². The van der Waals surface area contributed by atoms with E-state index >= 15 is 0 Å². The number of hydrogen-bond donors (Lipinski definition) is 3. The van der Waals surface area contributed by atoms with Crippen molar-refractivity contribution in [3.05, 3.63) is 59.4 Å². The van der Waals surface area contributed by atoms with Gasteiger partial charge in [0.25, 0.3) is 0 Å². The van der Waals surface area contributed by atoms with Crippen molar-refractivity contribution < 1.29 is 9.53 Å². The molecule has 7 nitrogen and oxygen atoms in total. The van der Waals surface area contributed by atoms with Crippen LogP contribution in [0.2, 0.25) is 0 Å². The van der Waals surface area contributed by atoms with Crippen LogP contribution >= 0.6 is 0 Å². The molecule has 1 fully saturated rings. The zero-order valence-corrected chi connectivity index (χ0v) is 15.0. The molecule has 27 heavy (non-hydrogen) atoms. The number of fused-ring (bicyclic) bond motifs is 1. The molecule has 2 aromatic rings. The van der Waals surface area contributed by atoms with Gasteiger partial charge in [-0.1, -0.05) is 30.3 Å². The van der Waals surface area contributed by atoms with Crippen LogP contribution in [0.25, 0.3) is 5.70 Å². The van der Waals surface area contributed by atoms with E-state index in [1.165, 1.54) is 0 Å². The number of aliphatic imine (C=N–C) groups is 1. The number of likely N-dealkylation sites (tertiary alicyclic amines) is 1. The number of ether oxygens (including phenoxy) is 1. The predicted octanol–water partition coefficient (Wildman–Crippen LogP) is 2.95. The minimum absolute atomic E-state index is 0.0831. The average Bonchev–Trinajstić information content (AvgIpc) is 3.21. The summed E-state index contributed by atoms with van der Waals surface area (Å²) < 4.78 is 5.47. The number of aromatic nitrogens is 1. The number of benzene rings is 1. The Morgan fingerprint density at radius 3 is 3.00 bits per heavy atom. The summed E-state index contributed by atoms with van der Waals surface area (Å²) in [6.07, 6.45) is 5.03. The normalized spacial score (nSPS) is 20.6. The van der Waals surface area contributed by atoms with Crippen molar-refractivity contribution in [3.63, 3.8) is 0 Å². The summed E-state index contributed by atoms with van der Waals surface area (Å²) in [6, 6.07) is 11.6. The van der Waals surface area contributed by atoms with E-state index < -0.39 is 0 Å². The Morgan fingerprint density at radius 1 is 1.30 bits per heavy atom. The van der Waals surface area contributed by atoms with Crippen LogP contribution in [0, 0.1) is 5.92 Å². The number of hydrogen-bond acceptors (Lipinski definition) is 5. The second kappa shape index (κ2) is 7.57. The number of amides is 1. The van der Waals surface area contributed by atoms with Gasteiger partial charge in [-0.15, -0.1) is 0 Å². The lowest BCUT2D eigenvalue weighted by molar-refractivity contribution is 0.0825. The molecule has 1 aromatic carbocycles. The Bertz CT molecular complexity index is 872. The molecule has 1 saturated heterocycles. The van der Waals surface area contributed by atoms with Gasteiger partial charge in [0.15, 0.2) is 0 Å². The Morgan fingerprint density at radius 2 is 2.15 bits per heavy atom. The fourth-order valence-corrected chi connectivity index (χ4v) is 3.56. The summed E-state index contributed by atoms with van der Waals surface area (Å²) in [4.78, 5) is 21.6. The lowest BCUT2D eigenvalue weighted by Crippen LogP contribution is -2.42. The zero-order valence-electron chi connectivity index (χ0n) is 15.0. The molecule has 2 aliphatic rings. The van der Waals surface area contributed by atoms with Crippen molar-refractivity contribution in [3.8, 4) is 0 Å². The number of rotatable bonds is 3. The van der Waals surface area contributed by atoms with Crippen LogP contribution in [0.15, 0.2) is 53.3 Å². The predicted molar refractivity (Wildman–Crippen MR) is 104 cm³/mol. The molecule has 3 heterocycles. The Hall–Kier alpha value is -3.22. The van der Waals surface area contributed by atoms with E-state index in [9.17, 15) is 4.79 Å². The summed E-state index contributed by atoms with van der Waals surface area (Å²) in [5.74, 6) is 0.876. The van der Waals surface area contributed by atoms with E-state index in [0.29, 0.717) is 13.1 Å². The van der Waals surface area contributed by atoms with E-state index in [-0.39, 0.29) is 18.6 Å². The fraction of sp³-hybridized carbons (Fsp3) is 0.300. The number of carbonyl (C=O) groups is 1. The second-order valence-electron chi connectivity index (χ2n) is 6.80. The Labute approximate surface area is 157 Å². The van der Waals surface area contributed by atoms with Gasteiger partial charge < -0.3 is 25.7 Å². The number of nitrogens with two attached hydrogens (primary N) is 1. The van der Waals surface area contributed by atoms with E-state index in [4.69, 9.17) is 10.5 Å². The van der Waals surface area contributed by atoms with Crippen LogP contribution in [0.3, 0.4) is 0 Å². The van der Waals surface area contributed by atoms with Crippen LogP contribution in [-0.4, -0.2) is 35.4 Å². The lowest BCUT2D eigenvalue weighted by atomic mass is 9.92. The monoisotopic (exact) mass is 365 g/mol. The highest BCUT2D eigenvalue weighted by atomic mass is 16.6. The minimum atomic E-state index is -0.290. The highest BCUT2D eigenvalue weighted by Gasteiger charge is 2.28. The number of H-pyrrole nitrogens is 1.